The molecule has 0 saturated carbocycles. The Morgan fingerprint density at radius 3 is 2.43 bits per heavy atom. The molecule has 0 saturated heterocycles. The highest BCUT2D eigenvalue weighted by Crippen LogP contribution is 2.22. The van der Waals surface area contributed by atoms with Crippen LogP contribution < -0.4 is 14.4 Å². The number of para-hydroxylation sites is 1. The molecule has 0 radical (unpaired) electrons. The minimum atomic E-state index is -4.16. The first-order valence-electron chi connectivity index (χ1n) is 6.42. The lowest BCUT2D eigenvalue weighted by molar-refractivity contribution is -0.651. The van der Waals surface area contributed by atoms with E-state index in [9.17, 15) is 13.5 Å². The van der Waals surface area contributed by atoms with Crippen LogP contribution in [0.5, 0.6) is 5.75 Å². The number of aliphatic imine (C=N–C) groups is 1. The molecule has 0 atom stereocenters. The van der Waals surface area contributed by atoms with Crippen LogP contribution in [0.3, 0.4) is 0 Å². The van der Waals surface area contributed by atoms with Gasteiger partial charge in [-0.25, -0.2) is 0 Å². The highest BCUT2D eigenvalue weighted by atomic mass is 32.3. The van der Waals surface area contributed by atoms with Crippen LogP contribution >= 0.6 is 0 Å². The van der Waals surface area contributed by atoms with Crippen molar-refractivity contribution in [2.75, 3.05) is 14.2 Å². The maximum absolute atomic E-state index is 11.2. The van der Waals surface area contributed by atoms with Gasteiger partial charge in [-0.05, 0) is 18.2 Å². The van der Waals surface area contributed by atoms with Crippen LogP contribution in [0.2, 0.25) is 0 Å². The van der Waals surface area contributed by atoms with Crippen molar-refractivity contribution in [3.05, 3.63) is 36.0 Å². The first-order chi connectivity index (χ1) is 10.7. The smallest absolute Gasteiger partial charge is 0.397 e. The number of pyridine rings is 1. The molecular formula is C14H18N2O6S. The number of hydrogen-bond acceptors (Lipinski definition) is 6. The van der Waals surface area contributed by atoms with Gasteiger partial charge in [0, 0.05) is 25.4 Å². The molecule has 1 N–H and O–H groups in total. The number of benzene rings is 1. The number of fused-ring (bicyclic) bond motifs is 1. The average Bonchev–Trinajstić information content (AvgIpc) is 2.51. The normalized spacial score (nSPS) is 11.8. The standard InChI is InChI=1S/C13H14N2O2.CH4O4S/c1-9-7-8-10-5-4-6-11(12(10)15(9)3)17-13(16)14-2;1-5-6(2,3)4/h4-8H,1-3H3;1H3,(H,2,3,4). The fraction of sp³-hybridized carbons (Fsp3) is 0.286. The van der Waals surface area contributed by atoms with Gasteiger partial charge >= 0.3 is 10.4 Å². The third-order valence-electron chi connectivity index (χ3n) is 2.99. The largest absolute Gasteiger partial charge is 0.560 e. The number of aromatic nitrogens is 1. The molecule has 0 aliphatic heterocycles. The lowest BCUT2D eigenvalue weighted by Gasteiger charge is -2.14. The van der Waals surface area contributed by atoms with E-state index >= 15 is 0 Å². The molecule has 1 aromatic heterocycles. The van der Waals surface area contributed by atoms with E-state index in [1.54, 1.807) is 6.07 Å². The van der Waals surface area contributed by atoms with E-state index in [-0.39, 0.29) is 0 Å². The minimum Gasteiger partial charge on any atom is -0.560 e. The summed E-state index contributed by atoms with van der Waals surface area (Å²) in [5.41, 5.74) is 1.99. The summed E-state index contributed by atoms with van der Waals surface area (Å²) in [5.74, 6) is 0.532. The van der Waals surface area contributed by atoms with E-state index in [0.717, 1.165) is 23.7 Å². The zero-order chi connectivity index (χ0) is 17.6. The van der Waals surface area contributed by atoms with Crippen LogP contribution in [-0.2, 0) is 21.6 Å². The number of hydrogen-bond donors (Lipinski definition) is 1. The highest BCUT2D eigenvalue weighted by Gasteiger charge is 2.11. The van der Waals surface area contributed by atoms with E-state index in [2.05, 4.69) is 9.18 Å². The number of ether oxygens (including phenoxy) is 1. The molecule has 0 amide bonds. The molecule has 0 aliphatic carbocycles. The molecule has 9 heteroatoms. The molecule has 0 bridgehead atoms. The van der Waals surface area contributed by atoms with Crippen molar-refractivity contribution in [2.45, 2.75) is 6.92 Å². The Morgan fingerprint density at radius 2 is 1.91 bits per heavy atom. The van der Waals surface area contributed by atoms with E-state index in [1.807, 2.05) is 42.8 Å². The Hall–Kier alpha value is -2.23. The SMILES string of the molecule is CN=C([O-])Oc1cccc2ccc(C)[n+](C)c12.COS(=O)(=O)O. The van der Waals surface area contributed by atoms with E-state index in [4.69, 9.17) is 9.29 Å². The van der Waals surface area contributed by atoms with Crippen LogP contribution in [-0.4, -0.2) is 33.2 Å². The highest BCUT2D eigenvalue weighted by molar-refractivity contribution is 7.80. The summed E-state index contributed by atoms with van der Waals surface area (Å²) in [6.07, 6.45) is -0.584. The third kappa shape index (κ3) is 5.47. The molecule has 0 aliphatic rings. The van der Waals surface area contributed by atoms with Gasteiger partial charge in [0.05, 0.1) is 12.9 Å². The van der Waals surface area contributed by atoms with Crippen molar-refractivity contribution < 1.29 is 31.6 Å². The molecule has 2 rings (SSSR count). The molecule has 0 spiro atoms. The van der Waals surface area contributed by atoms with Gasteiger partial charge in [-0.3, -0.25) is 13.7 Å². The first-order valence-corrected chi connectivity index (χ1v) is 7.79. The van der Waals surface area contributed by atoms with Crippen molar-refractivity contribution in [1.82, 2.24) is 0 Å². The van der Waals surface area contributed by atoms with Gasteiger partial charge in [0.15, 0.2) is 5.69 Å². The minimum absolute atomic E-state index is 0.532. The van der Waals surface area contributed by atoms with E-state index in [0.29, 0.717) is 5.75 Å². The molecule has 126 valence electrons. The average molecular weight is 342 g/mol. The van der Waals surface area contributed by atoms with Crippen molar-refractivity contribution >= 4 is 27.4 Å². The van der Waals surface area contributed by atoms with Gasteiger partial charge in [0.1, 0.15) is 13.1 Å². The number of aryl methyl sites for hydroxylation is 2. The summed E-state index contributed by atoms with van der Waals surface area (Å²) in [4.78, 5) is 3.47. The topological polar surface area (TPSA) is 112 Å². The Labute approximate surface area is 134 Å². The Kier molecular flexibility index (Phi) is 6.43. The monoisotopic (exact) mass is 342 g/mol. The predicted molar refractivity (Wildman–Crippen MR) is 82.4 cm³/mol. The second kappa shape index (κ2) is 7.86. The fourth-order valence-electron chi connectivity index (χ4n) is 1.75. The second-order valence-electron chi connectivity index (χ2n) is 4.41. The molecular weight excluding hydrogens is 324 g/mol. The maximum atomic E-state index is 11.2. The van der Waals surface area contributed by atoms with Crippen LogP contribution in [0, 0.1) is 6.92 Å². The molecule has 1 aromatic carbocycles. The number of rotatable bonds is 2. The Bertz CT molecular complexity index is 817. The fourth-order valence-corrected chi connectivity index (χ4v) is 1.75. The van der Waals surface area contributed by atoms with Crippen molar-refractivity contribution in [3.8, 4) is 5.75 Å². The van der Waals surface area contributed by atoms with Crippen molar-refractivity contribution in [2.24, 2.45) is 12.0 Å². The molecule has 0 unspecified atom stereocenters. The van der Waals surface area contributed by atoms with Crippen molar-refractivity contribution in [1.29, 1.82) is 0 Å². The van der Waals surface area contributed by atoms with Crippen LogP contribution in [0.1, 0.15) is 5.69 Å². The van der Waals surface area contributed by atoms with Gasteiger partial charge < -0.3 is 9.84 Å². The summed E-state index contributed by atoms with van der Waals surface area (Å²) < 4.78 is 36.9. The Balaban J connectivity index is 0.000000379. The quantitative estimate of drug-likeness (QED) is 0.359. The molecule has 8 nitrogen and oxygen atoms in total. The second-order valence-corrected chi connectivity index (χ2v) is 5.60. The van der Waals surface area contributed by atoms with Crippen LogP contribution in [0.15, 0.2) is 35.3 Å². The van der Waals surface area contributed by atoms with E-state index in [1.165, 1.54) is 7.05 Å². The van der Waals surface area contributed by atoms with Gasteiger partial charge in [-0.15, -0.1) is 0 Å². The van der Waals surface area contributed by atoms with Gasteiger partial charge in [0.2, 0.25) is 5.52 Å². The summed E-state index contributed by atoms with van der Waals surface area (Å²) in [7, 11) is 0.0663. The number of nitrogens with zero attached hydrogens (tertiary/aromatic N) is 2. The predicted octanol–water partition coefficient (Wildman–Crippen LogP) is 0.133. The summed E-state index contributed by atoms with van der Waals surface area (Å²) >= 11 is 0. The summed E-state index contributed by atoms with van der Waals surface area (Å²) in [6.45, 7) is 2.00. The molecule has 23 heavy (non-hydrogen) atoms. The van der Waals surface area contributed by atoms with Crippen LogP contribution in [0.25, 0.3) is 10.9 Å². The van der Waals surface area contributed by atoms with E-state index < -0.39 is 16.5 Å². The van der Waals surface area contributed by atoms with Crippen LogP contribution in [0.4, 0.5) is 0 Å². The Morgan fingerprint density at radius 1 is 1.30 bits per heavy atom. The maximum Gasteiger partial charge on any atom is 0.397 e. The summed E-state index contributed by atoms with van der Waals surface area (Å²) in [5, 5.41) is 12.3. The lowest BCUT2D eigenvalue weighted by atomic mass is 10.2. The summed E-state index contributed by atoms with van der Waals surface area (Å²) in [6, 6.07) is 9.64. The molecule has 0 fully saturated rings. The molecule has 1 heterocycles. The lowest BCUT2D eigenvalue weighted by Crippen LogP contribution is -2.34. The first kappa shape index (κ1) is 18.8. The zero-order valence-corrected chi connectivity index (χ0v) is 14.0. The van der Waals surface area contributed by atoms with Gasteiger partial charge in [0.25, 0.3) is 0 Å². The van der Waals surface area contributed by atoms with Gasteiger partial charge in [-0.1, -0.05) is 6.07 Å². The van der Waals surface area contributed by atoms with Gasteiger partial charge in [-0.2, -0.15) is 13.0 Å². The third-order valence-corrected chi connectivity index (χ3v) is 3.41. The molecule has 2 aromatic rings. The zero-order valence-electron chi connectivity index (χ0n) is 13.2. The van der Waals surface area contributed by atoms with Crippen molar-refractivity contribution in [3.63, 3.8) is 0 Å².